The van der Waals surface area contributed by atoms with Gasteiger partial charge in [-0.3, -0.25) is 14.9 Å². The number of allylic oxidation sites excluding steroid dienone is 2. The Kier molecular flexibility index (Phi) is 6.36. The number of imide groups is 1. The molecule has 1 aromatic carbocycles. The third-order valence-corrected chi connectivity index (χ3v) is 3.68. The summed E-state index contributed by atoms with van der Waals surface area (Å²) in [7, 11) is 1.43. The van der Waals surface area contributed by atoms with Crippen molar-refractivity contribution in [2.75, 3.05) is 24.2 Å². The van der Waals surface area contributed by atoms with Gasteiger partial charge in [-0.25, -0.2) is 4.79 Å². The zero-order valence-corrected chi connectivity index (χ0v) is 13.6. The largest absolute Gasteiger partial charge is 0.374 e. The molecule has 0 radical (unpaired) electrons. The van der Waals surface area contributed by atoms with E-state index in [1.165, 1.54) is 7.05 Å². The summed E-state index contributed by atoms with van der Waals surface area (Å²) in [5.74, 6) is -0.231. The van der Waals surface area contributed by atoms with E-state index >= 15 is 0 Å². The number of benzene rings is 1. The number of para-hydroxylation sites is 2. The van der Waals surface area contributed by atoms with Gasteiger partial charge in [0, 0.05) is 13.5 Å². The number of carbonyl (C=O) groups is 3. The van der Waals surface area contributed by atoms with E-state index < -0.39 is 11.9 Å². The topological polar surface area (TPSA) is 99.3 Å². The molecule has 0 aliphatic heterocycles. The summed E-state index contributed by atoms with van der Waals surface area (Å²) in [6, 6.07) is 6.57. The lowest BCUT2D eigenvalue weighted by atomic mass is 10.0. The summed E-state index contributed by atoms with van der Waals surface area (Å²) in [5.41, 5.74) is 1.23. The second kappa shape index (κ2) is 8.71. The molecule has 0 saturated carbocycles. The van der Waals surface area contributed by atoms with Crippen molar-refractivity contribution in [2.24, 2.45) is 5.92 Å². The Labute approximate surface area is 140 Å². The normalized spacial score (nSPS) is 15.6. The minimum atomic E-state index is -0.562. The second-order valence-corrected chi connectivity index (χ2v) is 5.54. The molecule has 0 heterocycles. The second-order valence-electron chi connectivity index (χ2n) is 5.54. The molecule has 0 saturated heterocycles. The molecule has 7 nitrogen and oxygen atoms in total. The summed E-state index contributed by atoms with van der Waals surface area (Å²) in [6.07, 6.45) is 6.65. The third-order valence-electron chi connectivity index (χ3n) is 3.68. The average Bonchev–Trinajstić information content (AvgIpc) is 3.06. The van der Waals surface area contributed by atoms with Crippen LogP contribution in [0.2, 0.25) is 0 Å². The fraction of sp³-hybridized carbons (Fsp3) is 0.353. The van der Waals surface area contributed by atoms with Crippen LogP contribution < -0.4 is 21.3 Å². The molecule has 1 unspecified atom stereocenters. The Morgan fingerprint density at radius 3 is 2.54 bits per heavy atom. The lowest BCUT2D eigenvalue weighted by molar-refractivity contribution is -0.118. The highest BCUT2D eigenvalue weighted by molar-refractivity contribution is 5.97. The van der Waals surface area contributed by atoms with Crippen LogP contribution in [0.1, 0.15) is 19.3 Å². The van der Waals surface area contributed by atoms with Gasteiger partial charge in [0.15, 0.2) is 0 Å². The van der Waals surface area contributed by atoms with E-state index in [2.05, 4.69) is 33.4 Å². The van der Waals surface area contributed by atoms with Crippen LogP contribution in [0.5, 0.6) is 0 Å². The molecule has 128 valence electrons. The Bertz CT molecular complexity index is 642. The van der Waals surface area contributed by atoms with Crippen molar-refractivity contribution >= 4 is 29.2 Å². The molecule has 1 aliphatic carbocycles. The van der Waals surface area contributed by atoms with Crippen molar-refractivity contribution in [1.82, 2.24) is 10.6 Å². The molecule has 4 N–H and O–H groups in total. The molecule has 0 spiro atoms. The minimum absolute atomic E-state index is 0.0596. The first-order chi connectivity index (χ1) is 11.6. The fourth-order valence-electron chi connectivity index (χ4n) is 2.46. The number of hydrogen-bond donors (Lipinski definition) is 4. The van der Waals surface area contributed by atoms with E-state index in [9.17, 15) is 14.4 Å². The van der Waals surface area contributed by atoms with Crippen molar-refractivity contribution in [1.29, 1.82) is 0 Å². The maximum Gasteiger partial charge on any atom is 0.321 e. The molecule has 24 heavy (non-hydrogen) atoms. The molecular formula is C17H22N4O3. The molecule has 1 aromatic rings. The van der Waals surface area contributed by atoms with Gasteiger partial charge in [0.25, 0.3) is 0 Å². The van der Waals surface area contributed by atoms with E-state index in [4.69, 9.17) is 0 Å². The number of nitrogens with one attached hydrogen (secondary N) is 4. The highest BCUT2D eigenvalue weighted by Crippen LogP contribution is 2.24. The van der Waals surface area contributed by atoms with E-state index in [0.717, 1.165) is 12.8 Å². The van der Waals surface area contributed by atoms with Crippen LogP contribution >= 0.6 is 0 Å². The van der Waals surface area contributed by atoms with Gasteiger partial charge in [-0.15, -0.1) is 0 Å². The molecule has 7 heteroatoms. The van der Waals surface area contributed by atoms with Gasteiger partial charge in [-0.1, -0.05) is 24.3 Å². The lowest BCUT2D eigenvalue weighted by Gasteiger charge is -2.14. The van der Waals surface area contributed by atoms with Crippen molar-refractivity contribution in [2.45, 2.75) is 19.3 Å². The van der Waals surface area contributed by atoms with Crippen LogP contribution in [0.3, 0.4) is 0 Å². The number of carbonyl (C=O) groups excluding carboxylic acids is 3. The van der Waals surface area contributed by atoms with Gasteiger partial charge in [0.05, 0.1) is 17.9 Å². The summed E-state index contributed by atoms with van der Waals surface area (Å²) in [5, 5.41) is 10.3. The number of rotatable bonds is 6. The fourth-order valence-corrected chi connectivity index (χ4v) is 2.46. The third kappa shape index (κ3) is 5.42. The molecule has 1 aliphatic rings. The molecule has 2 rings (SSSR count). The molecule has 0 fully saturated rings. The van der Waals surface area contributed by atoms with E-state index in [1.54, 1.807) is 24.3 Å². The summed E-state index contributed by atoms with van der Waals surface area (Å²) < 4.78 is 0. The first-order valence-corrected chi connectivity index (χ1v) is 7.89. The van der Waals surface area contributed by atoms with Crippen LogP contribution in [0.4, 0.5) is 16.2 Å². The van der Waals surface area contributed by atoms with Gasteiger partial charge in [-0.2, -0.15) is 0 Å². The Morgan fingerprint density at radius 2 is 1.88 bits per heavy atom. The Balaban J connectivity index is 1.89. The Hall–Kier alpha value is -2.83. The molecule has 0 aromatic heterocycles. The van der Waals surface area contributed by atoms with E-state index in [0.29, 0.717) is 23.7 Å². The highest BCUT2D eigenvalue weighted by atomic mass is 16.2. The number of hydrogen-bond acceptors (Lipinski definition) is 4. The predicted octanol–water partition coefficient (Wildman–Crippen LogP) is 1.85. The van der Waals surface area contributed by atoms with E-state index in [-0.39, 0.29) is 12.5 Å². The first-order valence-electron chi connectivity index (χ1n) is 7.89. The zero-order chi connectivity index (χ0) is 17.4. The molecule has 4 amide bonds. The Morgan fingerprint density at radius 1 is 1.12 bits per heavy atom. The number of amides is 4. The van der Waals surface area contributed by atoms with E-state index in [1.807, 2.05) is 0 Å². The van der Waals surface area contributed by atoms with Crippen molar-refractivity contribution in [3.05, 3.63) is 36.4 Å². The molecule has 0 bridgehead atoms. The monoisotopic (exact) mass is 330 g/mol. The van der Waals surface area contributed by atoms with Gasteiger partial charge in [-0.05, 0) is 30.9 Å². The maximum atomic E-state index is 12.1. The first kappa shape index (κ1) is 17.5. The summed E-state index contributed by atoms with van der Waals surface area (Å²) >= 11 is 0. The quantitative estimate of drug-likeness (QED) is 0.598. The van der Waals surface area contributed by atoms with Gasteiger partial charge in [0.2, 0.25) is 11.8 Å². The standard InChI is InChI=1S/C17H22N4O3/c1-18-17(24)21-16(23)11-19-13-8-4-5-9-14(13)20-15(22)10-12-6-2-3-7-12/h2,4-6,8-9,12,19H,3,7,10-11H2,1H3,(H,20,22)(H2,18,21,23,24). The van der Waals surface area contributed by atoms with Crippen LogP contribution in [0.25, 0.3) is 0 Å². The van der Waals surface area contributed by atoms with Crippen LogP contribution in [-0.2, 0) is 9.59 Å². The summed E-state index contributed by atoms with van der Waals surface area (Å²) in [6.45, 7) is -0.0777. The average molecular weight is 330 g/mol. The summed E-state index contributed by atoms with van der Waals surface area (Å²) in [4.78, 5) is 34.8. The van der Waals surface area contributed by atoms with Gasteiger partial charge < -0.3 is 16.0 Å². The highest BCUT2D eigenvalue weighted by Gasteiger charge is 2.15. The predicted molar refractivity (Wildman–Crippen MR) is 92.6 cm³/mol. The lowest BCUT2D eigenvalue weighted by Crippen LogP contribution is -2.40. The van der Waals surface area contributed by atoms with Crippen LogP contribution in [0, 0.1) is 5.92 Å². The smallest absolute Gasteiger partial charge is 0.321 e. The van der Waals surface area contributed by atoms with Crippen LogP contribution in [0.15, 0.2) is 36.4 Å². The molecular weight excluding hydrogens is 308 g/mol. The van der Waals surface area contributed by atoms with Gasteiger partial charge >= 0.3 is 6.03 Å². The SMILES string of the molecule is CNC(=O)NC(=O)CNc1ccccc1NC(=O)CC1C=CCC1. The maximum absolute atomic E-state index is 12.1. The number of urea groups is 1. The van der Waals surface area contributed by atoms with Crippen molar-refractivity contribution < 1.29 is 14.4 Å². The zero-order valence-electron chi connectivity index (χ0n) is 13.6. The van der Waals surface area contributed by atoms with Crippen LogP contribution in [-0.4, -0.2) is 31.4 Å². The number of anilines is 2. The van der Waals surface area contributed by atoms with Crippen molar-refractivity contribution in [3.63, 3.8) is 0 Å². The van der Waals surface area contributed by atoms with Crippen molar-refractivity contribution in [3.8, 4) is 0 Å². The van der Waals surface area contributed by atoms with Gasteiger partial charge in [0.1, 0.15) is 0 Å². The molecule has 1 atom stereocenters. The minimum Gasteiger partial charge on any atom is -0.374 e.